The number of benzene rings is 2. The lowest BCUT2D eigenvalue weighted by molar-refractivity contribution is 0.102. The fourth-order valence-corrected chi connectivity index (χ4v) is 3.56. The van der Waals surface area contributed by atoms with Crippen LogP contribution in [0.5, 0.6) is 0 Å². The van der Waals surface area contributed by atoms with Gasteiger partial charge in [-0.3, -0.25) is 4.79 Å². The van der Waals surface area contributed by atoms with Gasteiger partial charge >= 0.3 is 0 Å². The van der Waals surface area contributed by atoms with Crippen LogP contribution in [0.3, 0.4) is 0 Å². The minimum atomic E-state index is -0.210. The lowest BCUT2D eigenvalue weighted by atomic mass is 10.1. The van der Waals surface area contributed by atoms with Crippen molar-refractivity contribution < 1.29 is 9.32 Å². The van der Waals surface area contributed by atoms with Crippen molar-refractivity contribution in [3.8, 4) is 11.3 Å². The maximum Gasteiger partial charge on any atom is 0.261 e. The van der Waals surface area contributed by atoms with Gasteiger partial charge in [0.25, 0.3) is 5.91 Å². The highest BCUT2D eigenvalue weighted by molar-refractivity contribution is 6.10. The Kier molecular flexibility index (Phi) is 5.39. The summed E-state index contributed by atoms with van der Waals surface area (Å²) in [6.07, 6.45) is 1.07. The van der Waals surface area contributed by atoms with Crippen LogP contribution < -0.4 is 15.5 Å². The van der Waals surface area contributed by atoms with Gasteiger partial charge < -0.3 is 20.1 Å². The highest BCUT2D eigenvalue weighted by Gasteiger charge is 2.23. The van der Waals surface area contributed by atoms with Crippen LogP contribution in [0.15, 0.2) is 59.1 Å². The molecule has 0 spiro atoms. The van der Waals surface area contributed by atoms with Crippen molar-refractivity contribution in [2.45, 2.75) is 13.3 Å². The number of carbonyl (C=O) groups is 1. The lowest BCUT2D eigenvalue weighted by Gasteiger charge is -2.25. The van der Waals surface area contributed by atoms with Crippen LogP contribution in [0.2, 0.25) is 0 Å². The van der Waals surface area contributed by atoms with Crippen LogP contribution in [0.25, 0.3) is 11.3 Å². The van der Waals surface area contributed by atoms with E-state index in [1.165, 1.54) is 0 Å². The number of rotatable bonds is 4. The Morgan fingerprint density at radius 2 is 1.86 bits per heavy atom. The molecule has 1 saturated heterocycles. The maximum atomic E-state index is 13.2. The topological polar surface area (TPSA) is 70.4 Å². The van der Waals surface area contributed by atoms with Gasteiger partial charge in [-0.2, -0.15) is 0 Å². The molecule has 6 heteroatoms. The summed E-state index contributed by atoms with van der Waals surface area (Å²) in [7, 11) is 0. The van der Waals surface area contributed by atoms with E-state index in [1.54, 1.807) is 6.92 Å². The predicted molar refractivity (Wildman–Crippen MR) is 111 cm³/mol. The molecule has 0 saturated carbocycles. The summed E-state index contributed by atoms with van der Waals surface area (Å²) in [4.78, 5) is 15.5. The van der Waals surface area contributed by atoms with E-state index in [-0.39, 0.29) is 5.91 Å². The van der Waals surface area contributed by atoms with Crippen molar-refractivity contribution in [1.29, 1.82) is 0 Å². The standard InChI is InChI=1S/C22H24N4O2/c1-16-20(21(25-28-16)17-8-3-2-4-9-17)22(27)24-18-10-5-6-11-19(18)26-14-7-12-23-13-15-26/h2-6,8-11,23H,7,12-15H2,1H3,(H,24,27). The number of hydrogen-bond donors (Lipinski definition) is 2. The van der Waals surface area contributed by atoms with E-state index in [1.807, 2.05) is 48.5 Å². The largest absolute Gasteiger partial charge is 0.369 e. The lowest BCUT2D eigenvalue weighted by Crippen LogP contribution is -2.29. The zero-order valence-corrected chi connectivity index (χ0v) is 15.9. The molecule has 2 heterocycles. The number of hydrogen-bond acceptors (Lipinski definition) is 5. The third-order valence-corrected chi connectivity index (χ3v) is 4.97. The molecule has 2 N–H and O–H groups in total. The second-order valence-electron chi connectivity index (χ2n) is 6.89. The number of carbonyl (C=O) groups excluding carboxylic acids is 1. The zero-order chi connectivity index (χ0) is 19.3. The first-order chi connectivity index (χ1) is 13.7. The van der Waals surface area contributed by atoms with Gasteiger partial charge in [0, 0.05) is 25.2 Å². The summed E-state index contributed by atoms with van der Waals surface area (Å²) in [5.74, 6) is 0.297. The minimum absolute atomic E-state index is 0.210. The van der Waals surface area contributed by atoms with Crippen molar-refractivity contribution in [2.24, 2.45) is 0 Å². The van der Waals surface area contributed by atoms with Crippen molar-refractivity contribution in [1.82, 2.24) is 10.5 Å². The molecule has 2 aromatic carbocycles. The molecule has 6 nitrogen and oxygen atoms in total. The van der Waals surface area contributed by atoms with E-state index in [0.717, 1.165) is 49.5 Å². The Morgan fingerprint density at radius 3 is 2.71 bits per heavy atom. The Bertz CT molecular complexity index is 944. The SMILES string of the molecule is Cc1onc(-c2ccccc2)c1C(=O)Nc1ccccc1N1CCCNCC1. The number of para-hydroxylation sites is 2. The molecule has 0 radical (unpaired) electrons. The minimum Gasteiger partial charge on any atom is -0.369 e. The average molecular weight is 376 g/mol. The highest BCUT2D eigenvalue weighted by atomic mass is 16.5. The molecule has 28 heavy (non-hydrogen) atoms. The van der Waals surface area contributed by atoms with Crippen molar-refractivity contribution >= 4 is 17.3 Å². The molecule has 144 valence electrons. The van der Waals surface area contributed by atoms with Gasteiger partial charge in [-0.1, -0.05) is 47.6 Å². The van der Waals surface area contributed by atoms with Gasteiger partial charge in [0.1, 0.15) is 17.0 Å². The molecule has 0 atom stereocenters. The Balaban J connectivity index is 1.63. The predicted octanol–water partition coefficient (Wildman–Crippen LogP) is 3.70. The van der Waals surface area contributed by atoms with Gasteiger partial charge in [0.15, 0.2) is 0 Å². The van der Waals surface area contributed by atoms with Gasteiger partial charge in [-0.15, -0.1) is 0 Å². The Labute approximate surface area is 164 Å². The molecule has 0 bridgehead atoms. The smallest absolute Gasteiger partial charge is 0.261 e. The third-order valence-electron chi connectivity index (χ3n) is 4.97. The van der Waals surface area contributed by atoms with Gasteiger partial charge in [0.05, 0.1) is 11.4 Å². The fourth-order valence-electron chi connectivity index (χ4n) is 3.56. The molecule has 1 aromatic heterocycles. The van der Waals surface area contributed by atoms with E-state index < -0.39 is 0 Å². The van der Waals surface area contributed by atoms with Crippen LogP contribution in [0.1, 0.15) is 22.5 Å². The summed E-state index contributed by atoms with van der Waals surface area (Å²) < 4.78 is 5.34. The molecule has 1 amide bonds. The van der Waals surface area contributed by atoms with Crippen LogP contribution in [-0.2, 0) is 0 Å². The zero-order valence-electron chi connectivity index (χ0n) is 15.9. The summed E-state index contributed by atoms with van der Waals surface area (Å²) in [6.45, 7) is 5.59. The summed E-state index contributed by atoms with van der Waals surface area (Å²) in [5, 5.41) is 10.6. The Morgan fingerprint density at radius 1 is 1.07 bits per heavy atom. The van der Waals surface area contributed by atoms with Crippen LogP contribution in [0.4, 0.5) is 11.4 Å². The first-order valence-corrected chi connectivity index (χ1v) is 9.62. The first kappa shape index (κ1) is 18.3. The summed E-state index contributed by atoms with van der Waals surface area (Å²) in [5.41, 5.74) is 3.73. The second kappa shape index (κ2) is 8.27. The molecule has 4 rings (SSSR count). The van der Waals surface area contributed by atoms with Crippen molar-refractivity contribution in [2.75, 3.05) is 36.4 Å². The fraction of sp³-hybridized carbons (Fsp3) is 0.273. The molecule has 3 aromatic rings. The Hall–Kier alpha value is -3.12. The van der Waals surface area contributed by atoms with Gasteiger partial charge in [-0.05, 0) is 32.0 Å². The number of nitrogens with one attached hydrogen (secondary N) is 2. The number of aryl methyl sites for hydroxylation is 1. The molecule has 0 aliphatic carbocycles. The normalized spacial score (nSPS) is 14.5. The van der Waals surface area contributed by atoms with E-state index in [9.17, 15) is 4.79 Å². The highest BCUT2D eigenvalue weighted by Crippen LogP contribution is 2.29. The second-order valence-corrected chi connectivity index (χ2v) is 6.89. The number of nitrogens with zero attached hydrogens (tertiary/aromatic N) is 2. The number of anilines is 2. The van der Waals surface area contributed by atoms with Crippen LogP contribution in [0, 0.1) is 6.92 Å². The van der Waals surface area contributed by atoms with Gasteiger partial charge in [-0.25, -0.2) is 0 Å². The van der Waals surface area contributed by atoms with Crippen LogP contribution in [-0.4, -0.2) is 37.2 Å². The monoisotopic (exact) mass is 376 g/mol. The molecule has 0 unspecified atom stereocenters. The molecule has 1 aliphatic rings. The third kappa shape index (κ3) is 3.77. The first-order valence-electron chi connectivity index (χ1n) is 9.62. The summed E-state index contributed by atoms with van der Waals surface area (Å²) >= 11 is 0. The van der Waals surface area contributed by atoms with Crippen LogP contribution >= 0.6 is 0 Å². The van der Waals surface area contributed by atoms with Gasteiger partial charge in [0.2, 0.25) is 0 Å². The van der Waals surface area contributed by atoms with Crippen molar-refractivity contribution in [3.05, 3.63) is 65.9 Å². The molecule has 1 aliphatic heterocycles. The maximum absolute atomic E-state index is 13.2. The van der Waals surface area contributed by atoms with Crippen molar-refractivity contribution in [3.63, 3.8) is 0 Å². The van der Waals surface area contributed by atoms with E-state index >= 15 is 0 Å². The molecular formula is C22H24N4O2. The van der Waals surface area contributed by atoms with E-state index in [4.69, 9.17) is 4.52 Å². The molecule has 1 fully saturated rings. The summed E-state index contributed by atoms with van der Waals surface area (Å²) in [6, 6.07) is 17.6. The quantitative estimate of drug-likeness (QED) is 0.727. The van der Waals surface area contributed by atoms with E-state index in [2.05, 4.69) is 26.8 Å². The van der Waals surface area contributed by atoms with E-state index in [0.29, 0.717) is 17.0 Å². The number of amides is 1. The number of aromatic nitrogens is 1. The average Bonchev–Trinajstić information content (AvgIpc) is 2.92. The molecular weight excluding hydrogens is 352 g/mol.